The summed E-state index contributed by atoms with van der Waals surface area (Å²) >= 11 is 0. The normalized spacial score (nSPS) is 14.4. The molecule has 2 aliphatic heterocycles. The molecule has 278 valence electrons. The minimum absolute atomic E-state index is 0.174. The predicted octanol–water partition coefficient (Wildman–Crippen LogP) is 15.5. The molecule has 0 aromatic heterocycles. The molecule has 58 heavy (non-hydrogen) atoms. The summed E-state index contributed by atoms with van der Waals surface area (Å²) in [7, 11) is 0. The fourth-order valence-corrected chi connectivity index (χ4v) is 9.80. The van der Waals surface area contributed by atoms with Gasteiger partial charge < -0.3 is 9.80 Å². The Balaban J connectivity index is 1.03. The van der Waals surface area contributed by atoms with Crippen LogP contribution in [-0.4, -0.2) is 0 Å². The van der Waals surface area contributed by atoms with E-state index >= 15 is 0 Å². The first-order chi connectivity index (χ1) is 28.3. The zero-order valence-electron chi connectivity index (χ0n) is 33.4. The molecule has 2 aliphatic rings. The summed E-state index contributed by atoms with van der Waals surface area (Å²) in [5.74, 6) is 0. The topological polar surface area (TPSA) is 6.48 Å². The first-order valence-electron chi connectivity index (χ1n) is 20.4. The van der Waals surface area contributed by atoms with E-state index in [1.807, 2.05) is 0 Å². The highest BCUT2D eigenvalue weighted by Gasteiger charge is 2.45. The van der Waals surface area contributed by atoms with Gasteiger partial charge >= 0.3 is 0 Å². The van der Waals surface area contributed by atoms with Crippen LogP contribution >= 0.6 is 0 Å². The summed E-state index contributed by atoms with van der Waals surface area (Å²) in [4.78, 5) is 4.92. The van der Waals surface area contributed by atoms with Crippen molar-refractivity contribution in [3.05, 3.63) is 216 Å². The number of anilines is 6. The molecule has 0 aliphatic carbocycles. The molecule has 0 atom stereocenters. The Hall–Kier alpha value is -6.90. The van der Waals surface area contributed by atoms with Crippen LogP contribution in [0.25, 0.3) is 43.8 Å². The molecule has 0 radical (unpaired) electrons. The van der Waals surface area contributed by atoms with Gasteiger partial charge in [0.25, 0.3) is 0 Å². The van der Waals surface area contributed by atoms with Gasteiger partial charge in [0.15, 0.2) is 0 Å². The van der Waals surface area contributed by atoms with Crippen molar-refractivity contribution in [3.63, 3.8) is 0 Å². The van der Waals surface area contributed by atoms with E-state index in [2.05, 4.69) is 232 Å². The Morgan fingerprint density at radius 1 is 0.328 bits per heavy atom. The van der Waals surface area contributed by atoms with Gasteiger partial charge in [0.1, 0.15) is 0 Å². The van der Waals surface area contributed by atoms with Gasteiger partial charge in [0.2, 0.25) is 0 Å². The molecule has 0 saturated heterocycles. The summed E-state index contributed by atoms with van der Waals surface area (Å²) < 4.78 is 0. The lowest BCUT2D eigenvalue weighted by atomic mass is 9.65. The standard InChI is InChI=1S/C56H44N2/c1-55(2)48-18-10-12-20-52(48)58-53-21-13-11-19-49(53)56(3,4)51-36-44(35-50(55)54(51)58)42-22-23-43-34-47(31-27-41(43)32-42)57(46-30-26-38-16-8-9-17-40(38)33-46)45-28-24-39(25-29-45)37-14-6-5-7-15-37/h5-36H,1-4H3. The monoisotopic (exact) mass is 744 g/mol. The van der Waals surface area contributed by atoms with Crippen molar-refractivity contribution in [2.24, 2.45) is 0 Å². The summed E-state index contributed by atoms with van der Waals surface area (Å²) in [6.07, 6.45) is 0. The summed E-state index contributed by atoms with van der Waals surface area (Å²) in [6.45, 7) is 9.59. The molecule has 0 fully saturated rings. The fraction of sp³-hybridized carbons (Fsp3) is 0.107. The van der Waals surface area contributed by atoms with Crippen molar-refractivity contribution in [1.29, 1.82) is 0 Å². The molecule has 9 aromatic carbocycles. The van der Waals surface area contributed by atoms with E-state index in [9.17, 15) is 0 Å². The number of nitrogens with zero attached hydrogens (tertiary/aromatic N) is 2. The average Bonchev–Trinajstić information content (AvgIpc) is 3.26. The Bertz CT molecular complexity index is 2980. The Morgan fingerprint density at radius 2 is 0.776 bits per heavy atom. The molecule has 0 amide bonds. The molecular weight excluding hydrogens is 701 g/mol. The minimum Gasteiger partial charge on any atom is -0.310 e. The number of fused-ring (bicyclic) bond motifs is 6. The molecule has 2 heteroatoms. The predicted molar refractivity (Wildman–Crippen MR) is 246 cm³/mol. The van der Waals surface area contributed by atoms with Gasteiger partial charge in [-0.3, -0.25) is 0 Å². The Labute approximate surface area is 341 Å². The number of benzene rings is 9. The quantitative estimate of drug-likeness (QED) is 0.173. The van der Waals surface area contributed by atoms with Crippen LogP contribution in [-0.2, 0) is 10.8 Å². The lowest BCUT2D eigenvalue weighted by molar-refractivity contribution is 0.598. The smallest absolute Gasteiger partial charge is 0.0544 e. The van der Waals surface area contributed by atoms with Crippen LogP contribution in [0.15, 0.2) is 194 Å². The van der Waals surface area contributed by atoms with Crippen LogP contribution in [0, 0.1) is 0 Å². The average molecular weight is 745 g/mol. The summed E-state index contributed by atoms with van der Waals surface area (Å²) in [5, 5.41) is 4.89. The third-order valence-electron chi connectivity index (χ3n) is 13.0. The van der Waals surface area contributed by atoms with Gasteiger partial charge in [-0.2, -0.15) is 0 Å². The molecule has 0 saturated carbocycles. The zero-order chi connectivity index (χ0) is 39.2. The molecule has 2 heterocycles. The van der Waals surface area contributed by atoms with E-state index in [0.29, 0.717) is 0 Å². The number of rotatable bonds is 5. The highest BCUT2D eigenvalue weighted by atomic mass is 15.2. The summed E-state index contributed by atoms with van der Waals surface area (Å²) in [5.41, 5.74) is 17.3. The van der Waals surface area contributed by atoms with E-state index in [1.165, 1.54) is 83.1 Å². The molecule has 11 rings (SSSR count). The Kier molecular flexibility index (Phi) is 7.59. The number of hydrogen-bond donors (Lipinski definition) is 0. The number of hydrogen-bond acceptors (Lipinski definition) is 2. The van der Waals surface area contributed by atoms with E-state index in [4.69, 9.17) is 0 Å². The van der Waals surface area contributed by atoms with E-state index in [0.717, 1.165) is 17.1 Å². The second-order valence-electron chi connectivity index (χ2n) is 17.1. The van der Waals surface area contributed by atoms with Crippen molar-refractivity contribution >= 4 is 55.7 Å². The van der Waals surface area contributed by atoms with Crippen molar-refractivity contribution in [2.45, 2.75) is 38.5 Å². The van der Waals surface area contributed by atoms with Gasteiger partial charge in [0.05, 0.1) is 17.1 Å². The third-order valence-corrected chi connectivity index (χ3v) is 13.0. The van der Waals surface area contributed by atoms with Crippen LogP contribution in [0.5, 0.6) is 0 Å². The van der Waals surface area contributed by atoms with Gasteiger partial charge in [-0.15, -0.1) is 0 Å². The highest BCUT2D eigenvalue weighted by molar-refractivity contribution is 5.97. The van der Waals surface area contributed by atoms with Crippen molar-refractivity contribution < 1.29 is 0 Å². The first kappa shape index (κ1) is 34.4. The maximum absolute atomic E-state index is 2.54. The van der Waals surface area contributed by atoms with Gasteiger partial charge in [-0.25, -0.2) is 0 Å². The fourth-order valence-electron chi connectivity index (χ4n) is 9.80. The largest absolute Gasteiger partial charge is 0.310 e. The van der Waals surface area contributed by atoms with Crippen molar-refractivity contribution in [3.8, 4) is 22.3 Å². The van der Waals surface area contributed by atoms with Crippen LogP contribution in [0.3, 0.4) is 0 Å². The third kappa shape index (κ3) is 5.25. The Morgan fingerprint density at radius 3 is 1.41 bits per heavy atom. The lowest BCUT2D eigenvalue weighted by Crippen LogP contribution is -2.38. The second-order valence-corrected chi connectivity index (χ2v) is 17.1. The minimum atomic E-state index is -0.174. The van der Waals surface area contributed by atoms with Crippen LogP contribution in [0.2, 0.25) is 0 Å². The molecule has 0 spiro atoms. The maximum Gasteiger partial charge on any atom is 0.0544 e. The van der Waals surface area contributed by atoms with E-state index in [1.54, 1.807) is 0 Å². The van der Waals surface area contributed by atoms with Crippen LogP contribution in [0.1, 0.15) is 49.9 Å². The molecular formula is C56H44N2. The van der Waals surface area contributed by atoms with Gasteiger partial charge in [-0.1, -0.05) is 155 Å². The van der Waals surface area contributed by atoms with Gasteiger partial charge in [0, 0.05) is 27.9 Å². The zero-order valence-corrected chi connectivity index (χ0v) is 33.4. The second kappa shape index (κ2) is 12.8. The van der Waals surface area contributed by atoms with E-state index in [-0.39, 0.29) is 10.8 Å². The van der Waals surface area contributed by atoms with Gasteiger partial charge in [-0.05, 0) is 133 Å². The van der Waals surface area contributed by atoms with Crippen molar-refractivity contribution in [2.75, 3.05) is 9.80 Å². The lowest BCUT2D eigenvalue weighted by Gasteiger charge is -2.49. The number of para-hydroxylation sites is 2. The molecule has 2 nitrogen and oxygen atoms in total. The molecule has 0 unspecified atom stereocenters. The maximum atomic E-state index is 2.54. The highest BCUT2D eigenvalue weighted by Crippen LogP contribution is 2.60. The summed E-state index contributed by atoms with van der Waals surface area (Å²) in [6, 6.07) is 71.8. The van der Waals surface area contributed by atoms with E-state index < -0.39 is 0 Å². The van der Waals surface area contributed by atoms with Crippen LogP contribution < -0.4 is 9.80 Å². The molecule has 0 N–H and O–H groups in total. The first-order valence-corrected chi connectivity index (χ1v) is 20.4. The molecule has 0 bridgehead atoms. The van der Waals surface area contributed by atoms with Crippen LogP contribution in [0.4, 0.5) is 34.1 Å². The molecule has 9 aromatic rings. The van der Waals surface area contributed by atoms with Crippen molar-refractivity contribution in [1.82, 2.24) is 0 Å². The SMILES string of the molecule is CC1(C)c2ccccc2N2c3ccccc3C(C)(C)c3cc(-c4ccc5cc(N(c6ccc(-c7ccccc7)cc6)c6ccc7ccccc7c6)ccc5c4)cc1c32.